The molecule has 0 fully saturated rings. The van der Waals surface area contributed by atoms with Crippen molar-refractivity contribution in [2.45, 2.75) is 76.9 Å². The van der Waals surface area contributed by atoms with Crippen LogP contribution in [0.15, 0.2) is 22.8 Å². The Morgan fingerprint density at radius 1 is 1.26 bits per heavy atom. The first-order valence-electron chi connectivity index (χ1n) is 11.6. The normalized spacial score (nSPS) is 19.7. The Morgan fingerprint density at radius 2 is 1.89 bits per heavy atom. The molecular weight excluding hydrogens is 490 g/mol. The van der Waals surface area contributed by atoms with Crippen LogP contribution < -0.4 is 5.32 Å². The van der Waals surface area contributed by atoms with E-state index in [4.69, 9.17) is 19.0 Å². The van der Waals surface area contributed by atoms with Crippen LogP contribution in [0.5, 0.6) is 0 Å². The summed E-state index contributed by atoms with van der Waals surface area (Å²) in [6.45, 7) is 12.0. The molecule has 0 saturated carbocycles. The predicted molar refractivity (Wildman–Crippen MR) is 139 cm³/mol. The maximum absolute atomic E-state index is 12.3. The molecule has 1 aliphatic carbocycles. The number of hydrogen-bond donors (Lipinski definition) is 3. The second kappa shape index (κ2) is 13.0. The first kappa shape index (κ1) is 31.4. The fourth-order valence-corrected chi connectivity index (χ4v) is 5.93. The topological polar surface area (TPSA) is 131 Å². The summed E-state index contributed by atoms with van der Waals surface area (Å²) in [6.07, 6.45) is 2.63. The van der Waals surface area contributed by atoms with Gasteiger partial charge in [0, 0.05) is 25.7 Å². The summed E-state index contributed by atoms with van der Waals surface area (Å²) >= 11 is 1.40. The molecule has 2 atom stereocenters. The van der Waals surface area contributed by atoms with Crippen molar-refractivity contribution < 1.29 is 38.5 Å². The number of carbonyl (C=O) groups is 3. The van der Waals surface area contributed by atoms with Crippen molar-refractivity contribution in [2.75, 3.05) is 32.3 Å². The molecule has 35 heavy (non-hydrogen) atoms. The minimum Gasteiger partial charge on any atom is -0.478 e. The quantitative estimate of drug-likeness (QED) is 0.142. The van der Waals surface area contributed by atoms with Crippen molar-refractivity contribution in [3.8, 4) is 0 Å². The van der Waals surface area contributed by atoms with Crippen LogP contribution in [-0.4, -0.2) is 80.5 Å². The number of ether oxygens (including phenoxy) is 2. The molecule has 3 N–H and O–H groups in total. The fraction of sp³-hybridized carbons (Fsp3) is 0.708. The van der Waals surface area contributed by atoms with Gasteiger partial charge in [-0.1, -0.05) is 26.8 Å². The number of thioether (sulfide) groups is 1. The van der Waals surface area contributed by atoms with Gasteiger partial charge in [-0.2, -0.15) is 11.8 Å². The van der Waals surface area contributed by atoms with Crippen molar-refractivity contribution in [1.29, 1.82) is 0 Å². The number of esters is 1. The van der Waals surface area contributed by atoms with Crippen molar-refractivity contribution in [1.82, 2.24) is 5.32 Å². The molecule has 0 spiro atoms. The molecule has 0 bridgehead atoms. The smallest absolute Gasteiger partial charge is 0.336 e. The highest BCUT2D eigenvalue weighted by molar-refractivity contribution is 7.99. The van der Waals surface area contributed by atoms with Crippen LogP contribution in [0.4, 0.5) is 0 Å². The SMILES string of the molecule is COC(=O)C(CSCCC1=CC[C@@](OC)(O[Si](C)(C)C(C)(C)C)C(C)=C1C(=O)O)NC(=O)CCO. The third-order valence-electron chi connectivity index (χ3n) is 6.61. The summed E-state index contributed by atoms with van der Waals surface area (Å²) in [5, 5.41) is 21.4. The van der Waals surface area contributed by atoms with Gasteiger partial charge in [0.05, 0.1) is 19.3 Å². The molecule has 0 aromatic rings. The summed E-state index contributed by atoms with van der Waals surface area (Å²) in [4.78, 5) is 36.0. The summed E-state index contributed by atoms with van der Waals surface area (Å²) < 4.78 is 17.2. The van der Waals surface area contributed by atoms with E-state index in [-0.39, 0.29) is 29.4 Å². The number of carbonyl (C=O) groups excluding carboxylic acids is 2. The Kier molecular flexibility index (Phi) is 11.7. The Balaban J connectivity index is 2.98. The zero-order chi connectivity index (χ0) is 27.0. The average Bonchev–Trinajstić information content (AvgIpc) is 2.76. The number of carboxylic acid groups (broad SMARTS) is 1. The van der Waals surface area contributed by atoms with Crippen molar-refractivity contribution in [3.05, 3.63) is 22.8 Å². The van der Waals surface area contributed by atoms with E-state index in [0.29, 0.717) is 29.7 Å². The van der Waals surface area contributed by atoms with Gasteiger partial charge in [-0.25, -0.2) is 9.59 Å². The van der Waals surface area contributed by atoms with Gasteiger partial charge < -0.3 is 29.4 Å². The van der Waals surface area contributed by atoms with Crippen LogP contribution in [0.1, 0.15) is 47.0 Å². The lowest BCUT2D eigenvalue weighted by atomic mass is 9.86. The molecule has 1 unspecified atom stereocenters. The Labute approximate surface area is 213 Å². The Hall–Kier alpha value is -1.66. The number of nitrogens with one attached hydrogen (secondary N) is 1. The Morgan fingerprint density at radius 3 is 2.37 bits per heavy atom. The molecule has 0 aliphatic heterocycles. The predicted octanol–water partition coefficient (Wildman–Crippen LogP) is 3.25. The van der Waals surface area contributed by atoms with Gasteiger partial charge in [0.15, 0.2) is 14.1 Å². The van der Waals surface area contributed by atoms with Gasteiger partial charge in [-0.3, -0.25) is 4.79 Å². The minimum atomic E-state index is -2.27. The highest BCUT2D eigenvalue weighted by Gasteiger charge is 2.48. The molecule has 1 aliphatic rings. The van der Waals surface area contributed by atoms with E-state index in [9.17, 15) is 19.5 Å². The van der Waals surface area contributed by atoms with Gasteiger partial charge in [-0.05, 0) is 48.4 Å². The maximum atomic E-state index is 12.3. The minimum absolute atomic E-state index is 0.0778. The second-order valence-electron chi connectivity index (χ2n) is 10.00. The van der Waals surface area contributed by atoms with Crippen LogP contribution in [0.3, 0.4) is 0 Å². The number of aliphatic carboxylic acids is 1. The van der Waals surface area contributed by atoms with E-state index < -0.39 is 38.0 Å². The van der Waals surface area contributed by atoms with Gasteiger partial charge >= 0.3 is 11.9 Å². The first-order chi connectivity index (χ1) is 16.2. The Bertz CT molecular complexity index is 849. The zero-order valence-electron chi connectivity index (χ0n) is 22.1. The number of aliphatic hydroxyl groups is 1. The summed E-state index contributed by atoms with van der Waals surface area (Å²) in [5.74, 6) is -2.39. The monoisotopic (exact) mass is 531 g/mol. The maximum Gasteiger partial charge on any atom is 0.336 e. The van der Waals surface area contributed by atoms with E-state index in [0.717, 1.165) is 0 Å². The first-order valence-corrected chi connectivity index (χ1v) is 15.7. The number of aliphatic hydroxyl groups excluding tert-OH is 1. The summed E-state index contributed by atoms with van der Waals surface area (Å²) in [5.41, 5.74) is 1.43. The number of amides is 1. The van der Waals surface area contributed by atoms with Crippen LogP contribution in [0.2, 0.25) is 18.1 Å². The standard InChI is InChI=1S/C24H41NO8SSi/c1-16-20(21(28)29)17(9-12-24(16,32-6)33-35(7,8)23(2,3)4)11-14-34-15-18(22(30)31-5)25-19(27)10-13-26/h9,18,26H,10-15H2,1-8H3,(H,25,27)(H,28,29)/t18?,24-/m1/s1. The number of rotatable bonds is 13. The molecule has 11 heteroatoms. The number of hydrogen-bond acceptors (Lipinski definition) is 8. The highest BCUT2D eigenvalue weighted by atomic mass is 32.2. The summed E-state index contributed by atoms with van der Waals surface area (Å²) in [6, 6.07) is -0.847. The van der Waals surface area contributed by atoms with Gasteiger partial charge in [0.25, 0.3) is 0 Å². The van der Waals surface area contributed by atoms with Gasteiger partial charge in [0.2, 0.25) is 5.91 Å². The number of carboxylic acids is 1. The zero-order valence-corrected chi connectivity index (χ0v) is 24.0. The van der Waals surface area contributed by atoms with E-state index in [1.165, 1.54) is 18.9 Å². The van der Waals surface area contributed by atoms with Crippen LogP contribution in [-0.2, 0) is 28.3 Å². The van der Waals surface area contributed by atoms with Crippen molar-refractivity contribution in [3.63, 3.8) is 0 Å². The number of methoxy groups -OCH3 is 2. The molecule has 0 aromatic carbocycles. The average molecular weight is 532 g/mol. The second-order valence-corrected chi connectivity index (χ2v) is 15.9. The third kappa shape index (κ3) is 8.17. The lowest BCUT2D eigenvalue weighted by Crippen LogP contribution is -2.52. The lowest BCUT2D eigenvalue weighted by molar-refractivity contribution is -0.145. The molecule has 0 radical (unpaired) electrons. The molecule has 200 valence electrons. The van der Waals surface area contributed by atoms with Crippen LogP contribution in [0.25, 0.3) is 0 Å². The lowest BCUT2D eigenvalue weighted by Gasteiger charge is -2.46. The van der Waals surface area contributed by atoms with Gasteiger partial charge in [-0.15, -0.1) is 0 Å². The molecule has 0 saturated heterocycles. The van der Waals surface area contributed by atoms with Crippen LogP contribution in [0, 0.1) is 0 Å². The molecule has 9 nitrogen and oxygen atoms in total. The van der Waals surface area contributed by atoms with E-state index >= 15 is 0 Å². The van der Waals surface area contributed by atoms with Crippen molar-refractivity contribution >= 4 is 37.9 Å². The third-order valence-corrected chi connectivity index (χ3v) is 12.1. The van der Waals surface area contributed by atoms with Gasteiger partial charge in [0.1, 0.15) is 6.04 Å². The highest BCUT2D eigenvalue weighted by Crippen LogP contribution is 2.45. The molecular formula is C24H41NO8SSi. The van der Waals surface area contributed by atoms with Crippen LogP contribution >= 0.6 is 11.8 Å². The van der Waals surface area contributed by atoms with E-state index in [1.54, 1.807) is 14.0 Å². The van der Waals surface area contributed by atoms with Crippen molar-refractivity contribution in [2.24, 2.45) is 0 Å². The molecule has 1 rings (SSSR count). The molecule has 0 aromatic heterocycles. The molecule has 0 heterocycles. The molecule has 1 amide bonds. The van der Waals surface area contributed by atoms with E-state index in [2.05, 4.69) is 39.2 Å². The largest absolute Gasteiger partial charge is 0.478 e. The van der Waals surface area contributed by atoms with E-state index in [1.807, 2.05) is 6.08 Å². The fourth-order valence-electron chi connectivity index (χ4n) is 3.49. The summed E-state index contributed by atoms with van der Waals surface area (Å²) in [7, 11) is 0.515.